The highest BCUT2D eigenvalue weighted by molar-refractivity contribution is 5.93. The minimum Gasteiger partial charge on any atom is -0.466 e. The van der Waals surface area contributed by atoms with Gasteiger partial charge in [-0.2, -0.15) is 4.98 Å². The molecule has 1 atom stereocenters. The SMILES string of the molecule is Cc1cc(-c2cc(-c3nc(C4CNCCN4C)no3)c3c(C)noc3n2)c(C)o1. The molecular formula is C20H22N6O3. The van der Waals surface area contributed by atoms with Gasteiger partial charge in [-0.1, -0.05) is 10.3 Å². The lowest BCUT2D eigenvalue weighted by atomic mass is 10.1. The Kier molecular flexibility index (Phi) is 4.21. The second-order valence-corrected chi connectivity index (χ2v) is 7.49. The van der Waals surface area contributed by atoms with Crippen LogP contribution in [0.2, 0.25) is 0 Å². The van der Waals surface area contributed by atoms with Gasteiger partial charge in [0.05, 0.1) is 28.4 Å². The fraction of sp³-hybridized carbons (Fsp3) is 0.400. The highest BCUT2D eigenvalue weighted by Crippen LogP contribution is 2.35. The van der Waals surface area contributed by atoms with E-state index in [2.05, 4.69) is 32.6 Å². The van der Waals surface area contributed by atoms with E-state index >= 15 is 0 Å². The smallest absolute Gasteiger partial charge is 0.259 e. The molecule has 0 saturated carbocycles. The third-order valence-electron chi connectivity index (χ3n) is 5.42. The van der Waals surface area contributed by atoms with Crippen molar-refractivity contribution in [3.8, 4) is 22.7 Å². The van der Waals surface area contributed by atoms with Gasteiger partial charge in [0.25, 0.3) is 11.6 Å². The van der Waals surface area contributed by atoms with Gasteiger partial charge in [0.2, 0.25) is 0 Å². The van der Waals surface area contributed by atoms with E-state index < -0.39 is 0 Å². The molecule has 1 saturated heterocycles. The Morgan fingerprint density at radius 2 is 1.93 bits per heavy atom. The zero-order chi connectivity index (χ0) is 20.1. The molecule has 9 nitrogen and oxygen atoms in total. The Morgan fingerprint density at radius 1 is 1.07 bits per heavy atom. The number of likely N-dealkylation sites (N-methyl/N-ethyl adjacent to an activating group) is 1. The normalized spacial score (nSPS) is 18.0. The van der Waals surface area contributed by atoms with Gasteiger partial charge in [0.15, 0.2) is 5.82 Å². The largest absolute Gasteiger partial charge is 0.466 e. The molecule has 0 bridgehead atoms. The minimum atomic E-state index is 0.0698. The highest BCUT2D eigenvalue weighted by atomic mass is 16.5. The fourth-order valence-corrected chi connectivity index (χ4v) is 3.86. The Morgan fingerprint density at radius 3 is 2.69 bits per heavy atom. The van der Waals surface area contributed by atoms with E-state index in [1.807, 2.05) is 32.9 Å². The lowest BCUT2D eigenvalue weighted by Gasteiger charge is -2.30. The number of hydrogen-bond donors (Lipinski definition) is 1. The summed E-state index contributed by atoms with van der Waals surface area (Å²) < 4.78 is 16.8. The third-order valence-corrected chi connectivity index (χ3v) is 5.42. The third kappa shape index (κ3) is 3.02. The Bertz CT molecular complexity index is 1190. The van der Waals surface area contributed by atoms with Gasteiger partial charge in [0.1, 0.15) is 11.5 Å². The maximum Gasteiger partial charge on any atom is 0.259 e. The summed E-state index contributed by atoms with van der Waals surface area (Å²) in [4.78, 5) is 11.6. The first kappa shape index (κ1) is 18.0. The molecule has 0 aromatic carbocycles. The molecule has 1 unspecified atom stereocenters. The van der Waals surface area contributed by atoms with E-state index in [1.54, 1.807) is 0 Å². The van der Waals surface area contributed by atoms with Gasteiger partial charge in [-0.15, -0.1) is 0 Å². The monoisotopic (exact) mass is 394 g/mol. The van der Waals surface area contributed by atoms with Crippen molar-refractivity contribution in [1.29, 1.82) is 0 Å². The number of furan rings is 1. The first-order valence-corrected chi connectivity index (χ1v) is 9.60. The van der Waals surface area contributed by atoms with Crippen molar-refractivity contribution in [2.24, 2.45) is 0 Å². The van der Waals surface area contributed by atoms with Crippen molar-refractivity contribution >= 4 is 11.1 Å². The maximum absolute atomic E-state index is 5.68. The van der Waals surface area contributed by atoms with Crippen molar-refractivity contribution in [1.82, 2.24) is 30.5 Å². The minimum absolute atomic E-state index is 0.0698. The molecule has 29 heavy (non-hydrogen) atoms. The second-order valence-electron chi connectivity index (χ2n) is 7.49. The molecule has 0 radical (unpaired) electrons. The van der Waals surface area contributed by atoms with Crippen LogP contribution >= 0.6 is 0 Å². The second kappa shape index (κ2) is 6.78. The van der Waals surface area contributed by atoms with Crippen molar-refractivity contribution in [3.05, 3.63) is 35.2 Å². The van der Waals surface area contributed by atoms with E-state index in [9.17, 15) is 0 Å². The molecule has 5 rings (SSSR count). The van der Waals surface area contributed by atoms with Crippen LogP contribution < -0.4 is 5.32 Å². The summed E-state index contributed by atoms with van der Waals surface area (Å²) in [5.41, 5.74) is 3.53. The fourth-order valence-electron chi connectivity index (χ4n) is 3.86. The number of nitrogens with one attached hydrogen (secondary N) is 1. The van der Waals surface area contributed by atoms with E-state index in [-0.39, 0.29) is 6.04 Å². The molecule has 0 amide bonds. The molecular weight excluding hydrogens is 372 g/mol. The van der Waals surface area contributed by atoms with Crippen LogP contribution in [0.15, 0.2) is 25.6 Å². The number of hydrogen-bond acceptors (Lipinski definition) is 9. The molecule has 4 aromatic heterocycles. The number of rotatable bonds is 3. The van der Waals surface area contributed by atoms with Crippen molar-refractivity contribution < 1.29 is 13.5 Å². The van der Waals surface area contributed by atoms with Crippen LogP contribution in [0.3, 0.4) is 0 Å². The van der Waals surface area contributed by atoms with Gasteiger partial charge < -0.3 is 18.8 Å². The number of nitrogens with zero attached hydrogens (tertiary/aromatic N) is 5. The molecule has 0 spiro atoms. The van der Waals surface area contributed by atoms with Gasteiger partial charge >= 0.3 is 0 Å². The van der Waals surface area contributed by atoms with E-state index in [0.29, 0.717) is 23.1 Å². The predicted octanol–water partition coefficient (Wildman–Crippen LogP) is 3.03. The molecule has 1 fully saturated rings. The van der Waals surface area contributed by atoms with E-state index in [4.69, 9.17) is 18.4 Å². The maximum atomic E-state index is 5.68. The average Bonchev–Trinajstić information content (AvgIpc) is 3.41. The zero-order valence-electron chi connectivity index (χ0n) is 16.8. The van der Waals surface area contributed by atoms with Crippen LogP contribution in [-0.4, -0.2) is 51.9 Å². The van der Waals surface area contributed by atoms with Crippen LogP contribution in [0.5, 0.6) is 0 Å². The summed E-state index contributed by atoms with van der Waals surface area (Å²) >= 11 is 0. The summed E-state index contributed by atoms with van der Waals surface area (Å²) in [5, 5.41) is 12.5. The predicted molar refractivity (Wildman–Crippen MR) is 105 cm³/mol. The standard InChI is InChI=1S/C20H22N6O3/c1-10-7-13(12(3)27-10)15-8-14(17-11(2)24-29-20(17)22-15)19-23-18(25-28-19)16-9-21-5-6-26(16)4/h7-8,16,21H,5-6,9H2,1-4H3. The van der Waals surface area contributed by atoms with E-state index in [1.165, 1.54) is 0 Å². The van der Waals surface area contributed by atoms with Gasteiger partial charge in [-0.3, -0.25) is 4.90 Å². The quantitative estimate of drug-likeness (QED) is 0.561. The molecule has 0 aliphatic carbocycles. The van der Waals surface area contributed by atoms with Gasteiger partial charge in [-0.25, -0.2) is 4.98 Å². The molecule has 5 heterocycles. The summed E-state index contributed by atoms with van der Waals surface area (Å²) in [7, 11) is 2.07. The zero-order valence-corrected chi connectivity index (χ0v) is 16.8. The molecule has 1 N–H and O–H groups in total. The topological polar surface area (TPSA) is 106 Å². The summed E-state index contributed by atoms with van der Waals surface area (Å²) in [6.07, 6.45) is 0. The van der Waals surface area contributed by atoms with Crippen molar-refractivity contribution in [2.45, 2.75) is 26.8 Å². The number of fused-ring (bicyclic) bond motifs is 1. The summed E-state index contributed by atoms with van der Waals surface area (Å²) in [6, 6.07) is 3.96. The summed E-state index contributed by atoms with van der Waals surface area (Å²) in [5.74, 6) is 2.70. The molecule has 9 heteroatoms. The first-order valence-electron chi connectivity index (χ1n) is 9.60. The van der Waals surface area contributed by atoms with Crippen molar-refractivity contribution in [3.63, 3.8) is 0 Å². The van der Waals surface area contributed by atoms with Crippen LogP contribution in [-0.2, 0) is 0 Å². The average molecular weight is 394 g/mol. The Labute approximate surface area is 167 Å². The van der Waals surface area contributed by atoms with Crippen LogP contribution in [0.25, 0.3) is 33.8 Å². The van der Waals surface area contributed by atoms with Gasteiger partial charge in [-0.05, 0) is 40.0 Å². The molecule has 150 valence electrons. The highest BCUT2D eigenvalue weighted by Gasteiger charge is 2.27. The van der Waals surface area contributed by atoms with Crippen molar-refractivity contribution in [2.75, 3.05) is 26.7 Å². The molecule has 1 aliphatic heterocycles. The molecule has 1 aliphatic rings. The lowest BCUT2D eigenvalue weighted by molar-refractivity contribution is 0.190. The van der Waals surface area contributed by atoms with Crippen LogP contribution in [0.4, 0.5) is 0 Å². The first-order chi connectivity index (χ1) is 14.0. The lowest BCUT2D eigenvalue weighted by Crippen LogP contribution is -2.44. The van der Waals surface area contributed by atoms with Gasteiger partial charge in [0, 0.05) is 25.2 Å². The number of pyridine rings is 1. The number of piperazine rings is 1. The molecule has 4 aromatic rings. The van der Waals surface area contributed by atoms with Crippen LogP contribution in [0.1, 0.15) is 29.1 Å². The summed E-state index contributed by atoms with van der Waals surface area (Å²) in [6.45, 7) is 8.37. The Balaban J connectivity index is 1.64. The Hall–Kier alpha value is -3.04. The van der Waals surface area contributed by atoms with E-state index in [0.717, 1.165) is 53.4 Å². The number of aryl methyl sites for hydroxylation is 3. The number of aromatic nitrogens is 4. The van der Waals surface area contributed by atoms with Crippen LogP contribution in [0, 0.1) is 20.8 Å².